The van der Waals surface area contributed by atoms with Crippen LogP contribution in [0.25, 0.3) is 0 Å². The van der Waals surface area contributed by atoms with Crippen LogP contribution in [0, 0.1) is 0 Å². The number of hydrogen-bond donors (Lipinski definition) is 1. The number of thioether (sulfide) groups is 1. The van der Waals surface area contributed by atoms with Crippen LogP contribution in [0.3, 0.4) is 0 Å². The smallest absolute Gasteiger partial charge is 0.243 e. The van der Waals surface area contributed by atoms with E-state index in [-0.39, 0.29) is 22.7 Å². The second-order valence-electron chi connectivity index (χ2n) is 5.39. The number of carbonyl (C=O) groups is 2. The van der Waals surface area contributed by atoms with Gasteiger partial charge in [-0.1, -0.05) is 6.07 Å². The fourth-order valence-corrected chi connectivity index (χ4v) is 5.04. The maximum atomic E-state index is 12.3. The first-order chi connectivity index (χ1) is 9.60. The third kappa shape index (κ3) is 2.46. The first-order valence-corrected chi connectivity index (χ1v) is 8.73. The summed E-state index contributed by atoms with van der Waals surface area (Å²) < 4.78 is 0. The zero-order valence-electron chi connectivity index (χ0n) is 11.4. The summed E-state index contributed by atoms with van der Waals surface area (Å²) in [6.45, 7) is 2.71. The van der Waals surface area contributed by atoms with Crippen LogP contribution in [-0.2, 0) is 16.0 Å². The Morgan fingerprint density at radius 2 is 2.45 bits per heavy atom. The van der Waals surface area contributed by atoms with Gasteiger partial charge < -0.3 is 10.2 Å². The molecule has 2 amide bonds. The standard InChI is InChI=1S/C14H18N2O2S2/c1-14-6-4-12(17)16(14)11(9-20-14)13(18)15-7-5-10-3-2-8-19-10/h2-3,8,11H,4-7,9H2,1H3,(H,15,18)/t11-,14+/m1/s1. The maximum absolute atomic E-state index is 12.3. The van der Waals surface area contributed by atoms with Crippen molar-refractivity contribution in [2.45, 2.75) is 37.1 Å². The Balaban J connectivity index is 1.56. The van der Waals surface area contributed by atoms with Crippen molar-refractivity contribution >= 4 is 34.9 Å². The van der Waals surface area contributed by atoms with Crippen LogP contribution in [0.2, 0.25) is 0 Å². The first kappa shape index (κ1) is 13.9. The lowest BCUT2D eigenvalue weighted by Crippen LogP contribution is -2.50. The van der Waals surface area contributed by atoms with E-state index in [0.717, 1.165) is 12.8 Å². The van der Waals surface area contributed by atoms with Gasteiger partial charge >= 0.3 is 0 Å². The Morgan fingerprint density at radius 1 is 1.60 bits per heavy atom. The highest BCUT2D eigenvalue weighted by atomic mass is 32.2. The number of rotatable bonds is 4. The molecule has 2 aliphatic rings. The Labute approximate surface area is 126 Å². The Morgan fingerprint density at radius 3 is 3.20 bits per heavy atom. The second kappa shape index (κ2) is 5.41. The maximum Gasteiger partial charge on any atom is 0.243 e. The van der Waals surface area contributed by atoms with E-state index in [1.807, 2.05) is 11.4 Å². The van der Waals surface area contributed by atoms with Crippen molar-refractivity contribution in [1.29, 1.82) is 0 Å². The average molecular weight is 310 g/mol. The third-order valence-corrected chi connectivity index (χ3v) is 6.44. The summed E-state index contributed by atoms with van der Waals surface area (Å²) >= 11 is 3.44. The molecule has 0 bridgehead atoms. The lowest BCUT2D eigenvalue weighted by Gasteiger charge is -2.29. The zero-order valence-corrected chi connectivity index (χ0v) is 13.1. The summed E-state index contributed by atoms with van der Waals surface area (Å²) in [5.41, 5.74) is 0. The van der Waals surface area contributed by atoms with Gasteiger partial charge in [0, 0.05) is 23.6 Å². The molecule has 0 aliphatic carbocycles. The summed E-state index contributed by atoms with van der Waals surface area (Å²) in [6, 6.07) is 3.80. The number of carbonyl (C=O) groups excluding carboxylic acids is 2. The van der Waals surface area contributed by atoms with Crippen LogP contribution in [0.5, 0.6) is 0 Å². The predicted octanol–water partition coefficient (Wildman–Crippen LogP) is 1.86. The highest BCUT2D eigenvalue weighted by Crippen LogP contribution is 2.47. The number of thiophene rings is 1. The number of nitrogens with one attached hydrogen (secondary N) is 1. The molecule has 3 heterocycles. The Hall–Kier alpha value is -1.01. The van der Waals surface area contributed by atoms with Crippen LogP contribution in [0.15, 0.2) is 17.5 Å². The van der Waals surface area contributed by atoms with E-state index in [1.165, 1.54) is 4.88 Å². The van der Waals surface area contributed by atoms with Crippen molar-refractivity contribution in [3.63, 3.8) is 0 Å². The van der Waals surface area contributed by atoms with E-state index in [0.29, 0.717) is 18.7 Å². The van der Waals surface area contributed by atoms with Crippen LogP contribution in [0.4, 0.5) is 0 Å². The molecule has 4 nitrogen and oxygen atoms in total. The predicted molar refractivity (Wildman–Crippen MR) is 81.8 cm³/mol. The summed E-state index contributed by atoms with van der Waals surface area (Å²) in [4.78, 5) is 27.2. The number of amides is 2. The second-order valence-corrected chi connectivity index (χ2v) is 7.92. The molecule has 0 saturated carbocycles. The molecule has 0 spiro atoms. The molecule has 108 valence electrons. The van der Waals surface area contributed by atoms with Gasteiger partial charge in [0.15, 0.2) is 0 Å². The van der Waals surface area contributed by atoms with Crippen LogP contribution >= 0.6 is 23.1 Å². The van der Waals surface area contributed by atoms with Gasteiger partial charge in [-0.2, -0.15) is 0 Å². The molecule has 2 aliphatic heterocycles. The largest absolute Gasteiger partial charge is 0.354 e. The summed E-state index contributed by atoms with van der Waals surface area (Å²) in [5, 5.41) is 5.01. The van der Waals surface area contributed by atoms with E-state index >= 15 is 0 Å². The highest BCUT2D eigenvalue weighted by Gasteiger charge is 2.52. The minimum atomic E-state index is -0.289. The van der Waals surface area contributed by atoms with Crippen LogP contribution < -0.4 is 5.32 Å². The molecule has 1 N–H and O–H groups in total. The van der Waals surface area contributed by atoms with E-state index in [4.69, 9.17) is 0 Å². The van der Waals surface area contributed by atoms with Crippen molar-refractivity contribution in [1.82, 2.24) is 10.2 Å². The van der Waals surface area contributed by atoms with Crippen molar-refractivity contribution < 1.29 is 9.59 Å². The van der Waals surface area contributed by atoms with Crippen LogP contribution in [0.1, 0.15) is 24.6 Å². The van der Waals surface area contributed by atoms with Crippen molar-refractivity contribution in [3.8, 4) is 0 Å². The molecular weight excluding hydrogens is 292 g/mol. The third-order valence-electron chi connectivity index (χ3n) is 4.00. The fourth-order valence-electron chi connectivity index (χ4n) is 2.90. The fraction of sp³-hybridized carbons (Fsp3) is 0.571. The van der Waals surface area contributed by atoms with Gasteiger partial charge in [0.05, 0.1) is 4.87 Å². The van der Waals surface area contributed by atoms with E-state index in [2.05, 4.69) is 18.3 Å². The van der Waals surface area contributed by atoms with Gasteiger partial charge in [-0.05, 0) is 31.2 Å². The number of hydrogen-bond acceptors (Lipinski definition) is 4. The lowest BCUT2D eigenvalue weighted by molar-refractivity contribution is -0.137. The molecular formula is C14H18N2O2S2. The van der Waals surface area contributed by atoms with E-state index < -0.39 is 0 Å². The molecule has 3 rings (SSSR count). The van der Waals surface area contributed by atoms with E-state index in [9.17, 15) is 9.59 Å². The van der Waals surface area contributed by atoms with Gasteiger partial charge in [-0.25, -0.2) is 0 Å². The molecule has 20 heavy (non-hydrogen) atoms. The number of nitrogens with zero attached hydrogens (tertiary/aromatic N) is 1. The lowest BCUT2D eigenvalue weighted by atomic mass is 10.2. The van der Waals surface area contributed by atoms with Gasteiger partial charge in [-0.3, -0.25) is 9.59 Å². The summed E-state index contributed by atoms with van der Waals surface area (Å²) in [5.74, 6) is 0.830. The van der Waals surface area contributed by atoms with Gasteiger partial charge in [0.25, 0.3) is 0 Å². The molecule has 0 radical (unpaired) electrons. The van der Waals surface area contributed by atoms with Gasteiger partial charge in [-0.15, -0.1) is 23.1 Å². The molecule has 2 fully saturated rings. The minimum absolute atomic E-state index is 0.00645. The Bertz CT molecular complexity index is 517. The van der Waals surface area contributed by atoms with Gasteiger partial charge in [0.1, 0.15) is 6.04 Å². The zero-order chi connectivity index (χ0) is 14.2. The normalized spacial score (nSPS) is 28.8. The first-order valence-electron chi connectivity index (χ1n) is 6.86. The molecule has 2 atom stereocenters. The molecule has 0 unspecified atom stereocenters. The van der Waals surface area contributed by atoms with E-state index in [1.54, 1.807) is 28.0 Å². The van der Waals surface area contributed by atoms with Crippen molar-refractivity contribution in [3.05, 3.63) is 22.4 Å². The molecule has 1 aromatic heterocycles. The summed E-state index contributed by atoms with van der Waals surface area (Å²) in [6.07, 6.45) is 2.28. The van der Waals surface area contributed by atoms with Crippen molar-refractivity contribution in [2.75, 3.05) is 12.3 Å². The molecule has 1 aromatic rings. The minimum Gasteiger partial charge on any atom is -0.354 e. The van der Waals surface area contributed by atoms with Gasteiger partial charge in [0.2, 0.25) is 11.8 Å². The topological polar surface area (TPSA) is 49.4 Å². The SMILES string of the molecule is C[C@]12CCC(=O)N1[C@@H](C(=O)NCCc1cccs1)CS2. The monoisotopic (exact) mass is 310 g/mol. The molecule has 2 saturated heterocycles. The number of fused-ring (bicyclic) bond motifs is 1. The molecule has 0 aromatic carbocycles. The average Bonchev–Trinajstić information content (AvgIpc) is 3.09. The van der Waals surface area contributed by atoms with Crippen LogP contribution in [-0.4, -0.2) is 39.9 Å². The molecule has 6 heteroatoms. The Kier molecular flexibility index (Phi) is 3.77. The highest BCUT2D eigenvalue weighted by molar-refractivity contribution is 8.01. The summed E-state index contributed by atoms with van der Waals surface area (Å²) in [7, 11) is 0. The quantitative estimate of drug-likeness (QED) is 0.923. The van der Waals surface area contributed by atoms with Crippen molar-refractivity contribution in [2.24, 2.45) is 0 Å².